The number of hydrogen-bond donors (Lipinski definition) is 1. The van der Waals surface area contributed by atoms with Gasteiger partial charge in [-0.25, -0.2) is 14.6 Å². The second-order valence-electron chi connectivity index (χ2n) is 5.79. The highest BCUT2D eigenvalue weighted by molar-refractivity contribution is 7.18. The number of thiazole rings is 1. The lowest BCUT2D eigenvalue weighted by Crippen LogP contribution is -2.20. The third-order valence-electron chi connectivity index (χ3n) is 3.78. The Kier molecular flexibility index (Phi) is 5.75. The van der Waals surface area contributed by atoms with E-state index in [-0.39, 0.29) is 12.5 Å². The Morgan fingerprint density at radius 1 is 1.17 bits per heavy atom. The molecule has 0 aliphatic carbocycles. The summed E-state index contributed by atoms with van der Waals surface area (Å²) in [6.07, 6.45) is 3.02. The van der Waals surface area contributed by atoms with Crippen LogP contribution in [-0.4, -0.2) is 32.3 Å². The number of nitrogens with zero attached hydrogens (tertiary/aromatic N) is 4. The number of hydrogen-bond acceptors (Lipinski definition) is 6. The summed E-state index contributed by atoms with van der Waals surface area (Å²) in [5.41, 5.74) is 1.59. The molecule has 10 heteroatoms. The van der Waals surface area contributed by atoms with Gasteiger partial charge in [0.15, 0.2) is 11.7 Å². The van der Waals surface area contributed by atoms with Crippen LogP contribution in [0.3, 0.4) is 0 Å². The molecule has 0 bridgehead atoms. The molecule has 1 amide bonds. The number of rotatable bonds is 6. The summed E-state index contributed by atoms with van der Waals surface area (Å²) in [7, 11) is 0. The fourth-order valence-electron chi connectivity index (χ4n) is 2.51. The number of benzene rings is 2. The Balaban J connectivity index is 1.52. The van der Waals surface area contributed by atoms with Crippen LogP contribution in [0.1, 0.15) is 0 Å². The van der Waals surface area contributed by atoms with Gasteiger partial charge in [-0.05, 0) is 18.2 Å². The average molecular weight is 446 g/mol. The van der Waals surface area contributed by atoms with Crippen LogP contribution in [0.5, 0.6) is 5.75 Å². The summed E-state index contributed by atoms with van der Waals surface area (Å²) in [6.45, 7) is -0.222. The fraction of sp³-hybridized carbons (Fsp3) is 0.0526. The summed E-state index contributed by atoms with van der Waals surface area (Å²) in [5.74, 6) is 0.00755. The first-order chi connectivity index (χ1) is 14.1. The van der Waals surface area contributed by atoms with Crippen molar-refractivity contribution in [1.82, 2.24) is 19.7 Å². The van der Waals surface area contributed by atoms with E-state index in [1.165, 1.54) is 17.7 Å². The molecule has 0 saturated heterocycles. The number of amides is 1. The van der Waals surface area contributed by atoms with E-state index in [9.17, 15) is 4.79 Å². The molecule has 0 aliphatic rings. The van der Waals surface area contributed by atoms with Crippen molar-refractivity contribution < 1.29 is 9.53 Å². The molecule has 0 unspecified atom stereocenters. The maximum Gasteiger partial charge on any atom is 0.264 e. The molecular weight excluding hydrogens is 433 g/mol. The highest BCUT2D eigenvalue weighted by atomic mass is 35.5. The van der Waals surface area contributed by atoms with Crippen LogP contribution < -0.4 is 10.1 Å². The van der Waals surface area contributed by atoms with Crippen LogP contribution >= 0.6 is 34.5 Å². The fourth-order valence-corrected chi connectivity index (χ4v) is 3.90. The second kappa shape index (κ2) is 8.60. The van der Waals surface area contributed by atoms with Crippen LogP contribution in [0.25, 0.3) is 16.3 Å². The number of carbonyl (C=O) groups is 1. The molecule has 29 heavy (non-hydrogen) atoms. The van der Waals surface area contributed by atoms with Gasteiger partial charge in [-0.15, -0.1) is 0 Å². The lowest BCUT2D eigenvalue weighted by Gasteiger charge is -2.07. The predicted molar refractivity (Wildman–Crippen MR) is 113 cm³/mol. The Labute approximate surface area is 179 Å². The third kappa shape index (κ3) is 4.56. The van der Waals surface area contributed by atoms with Crippen molar-refractivity contribution in [2.45, 2.75) is 0 Å². The molecule has 0 radical (unpaired) electrons. The van der Waals surface area contributed by atoms with Gasteiger partial charge in [0.1, 0.15) is 29.1 Å². The molecule has 0 saturated carbocycles. The summed E-state index contributed by atoms with van der Waals surface area (Å²) in [4.78, 5) is 20.9. The molecule has 0 aliphatic heterocycles. The van der Waals surface area contributed by atoms with E-state index in [1.54, 1.807) is 29.2 Å². The molecule has 2 aromatic carbocycles. The molecule has 4 aromatic rings. The van der Waals surface area contributed by atoms with Crippen molar-refractivity contribution in [2.75, 3.05) is 11.9 Å². The minimum Gasteiger partial charge on any atom is -0.482 e. The van der Waals surface area contributed by atoms with Gasteiger partial charge in [0, 0.05) is 10.6 Å². The first-order valence-corrected chi connectivity index (χ1v) is 9.96. The van der Waals surface area contributed by atoms with E-state index < -0.39 is 0 Å². The minimum atomic E-state index is -0.366. The number of nitrogens with one attached hydrogen (secondary N) is 1. The Morgan fingerprint density at radius 3 is 2.72 bits per heavy atom. The Hall–Kier alpha value is -2.94. The van der Waals surface area contributed by atoms with Crippen molar-refractivity contribution in [3.8, 4) is 22.0 Å². The normalized spacial score (nSPS) is 10.7. The van der Waals surface area contributed by atoms with E-state index in [4.69, 9.17) is 27.9 Å². The lowest BCUT2D eigenvalue weighted by atomic mass is 10.2. The minimum absolute atomic E-state index is 0.222. The highest BCUT2D eigenvalue weighted by Gasteiger charge is 2.17. The highest BCUT2D eigenvalue weighted by Crippen LogP contribution is 2.33. The van der Waals surface area contributed by atoms with Crippen molar-refractivity contribution >= 4 is 45.6 Å². The average Bonchev–Trinajstić information content (AvgIpc) is 3.38. The Morgan fingerprint density at radius 2 is 2.00 bits per heavy atom. The molecule has 1 N–H and O–H groups in total. The van der Waals surface area contributed by atoms with E-state index in [0.29, 0.717) is 26.6 Å². The zero-order valence-electron chi connectivity index (χ0n) is 14.8. The van der Waals surface area contributed by atoms with Gasteiger partial charge < -0.3 is 4.74 Å². The summed E-state index contributed by atoms with van der Waals surface area (Å²) in [5, 5.41) is 8.90. The monoisotopic (exact) mass is 445 g/mol. The number of halogens is 2. The standard InChI is InChI=1S/C19H13Cl2N5O2S/c20-13-6-7-15(14(21)8-13)28-9-16(27)24-19-25-17(12-4-2-1-3-5-12)18(29-19)26-11-22-10-23-26/h1-8,10-11H,9H2,(H,24,25,27). The number of ether oxygens (including phenoxy) is 1. The number of carbonyl (C=O) groups excluding carboxylic acids is 1. The predicted octanol–water partition coefficient (Wildman–Crippen LogP) is 4.72. The molecular formula is C19H13Cl2N5O2S. The first-order valence-electron chi connectivity index (χ1n) is 8.39. The van der Waals surface area contributed by atoms with Crippen LogP contribution in [0.15, 0.2) is 61.2 Å². The van der Waals surface area contributed by atoms with E-state index in [2.05, 4.69) is 20.4 Å². The third-order valence-corrected chi connectivity index (χ3v) is 5.27. The first kappa shape index (κ1) is 19.4. The molecule has 0 fully saturated rings. The smallest absolute Gasteiger partial charge is 0.264 e. The van der Waals surface area contributed by atoms with E-state index in [0.717, 1.165) is 10.6 Å². The SMILES string of the molecule is O=C(COc1ccc(Cl)cc1Cl)Nc1nc(-c2ccccc2)c(-n2cncn2)s1. The van der Waals surface area contributed by atoms with Gasteiger partial charge in [-0.3, -0.25) is 10.1 Å². The molecule has 0 spiro atoms. The maximum absolute atomic E-state index is 12.3. The van der Waals surface area contributed by atoms with Gasteiger partial charge in [-0.1, -0.05) is 64.9 Å². The van der Waals surface area contributed by atoms with Gasteiger partial charge in [0.05, 0.1) is 5.02 Å². The van der Waals surface area contributed by atoms with Gasteiger partial charge >= 0.3 is 0 Å². The van der Waals surface area contributed by atoms with Crippen molar-refractivity contribution in [1.29, 1.82) is 0 Å². The Bertz CT molecular complexity index is 1130. The summed E-state index contributed by atoms with van der Waals surface area (Å²) >= 11 is 13.2. The maximum atomic E-state index is 12.3. The topological polar surface area (TPSA) is 81.9 Å². The molecule has 146 valence electrons. The largest absolute Gasteiger partial charge is 0.482 e. The van der Waals surface area contributed by atoms with Crippen LogP contribution in [-0.2, 0) is 4.79 Å². The molecule has 2 aromatic heterocycles. The van der Waals surface area contributed by atoms with Crippen LogP contribution in [0.4, 0.5) is 5.13 Å². The van der Waals surface area contributed by atoms with Crippen LogP contribution in [0, 0.1) is 0 Å². The summed E-state index contributed by atoms with van der Waals surface area (Å²) < 4.78 is 7.08. The lowest BCUT2D eigenvalue weighted by molar-refractivity contribution is -0.118. The zero-order chi connectivity index (χ0) is 20.2. The van der Waals surface area contributed by atoms with Crippen molar-refractivity contribution in [3.63, 3.8) is 0 Å². The quantitative estimate of drug-likeness (QED) is 0.464. The van der Waals surface area contributed by atoms with Gasteiger partial charge in [0.2, 0.25) is 0 Å². The van der Waals surface area contributed by atoms with Crippen molar-refractivity contribution in [3.05, 3.63) is 71.2 Å². The molecule has 0 atom stereocenters. The molecule has 2 heterocycles. The summed E-state index contributed by atoms with van der Waals surface area (Å²) in [6, 6.07) is 14.4. The van der Waals surface area contributed by atoms with E-state index in [1.807, 2.05) is 30.3 Å². The van der Waals surface area contributed by atoms with Gasteiger partial charge in [-0.2, -0.15) is 5.10 Å². The van der Waals surface area contributed by atoms with Gasteiger partial charge in [0.25, 0.3) is 5.91 Å². The second-order valence-corrected chi connectivity index (χ2v) is 7.61. The number of aromatic nitrogens is 4. The molecule has 7 nitrogen and oxygen atoms in total. The molecule has 4 rings (SSSR count). The van der Waals surface area contributed by atoms with Crippen molar-refractivity contribution in [2.24, 2.45) is 0 Å². The zero-order valence-corrected chi connectivity index (χ0v) is 17.1. The number of anilines is 1. The van der Waals surface area contributed by atoms with Crippen LogP contribution in [0.2, 0.25) is 10.0 Å². The van der Waals surface area contributed by atoms with E-state index >= 15 is 0 Å².